The predicted octanol–water partition coefficient (Wildman–Crippen LogP) is 3.07. The number of nitrogens with one attached hydrogen (secondary N) is 1. The monoisotopic (exact) mass is 395 g/mol. The Morgan fingerprint density at radius 3 is 2.72 bits per heavy atom. The lowest BCUT2D eigenvalue weighted by molar-refractivity contribution is -0.143. The molecular formula is C23H25NO5. The van der Waals surface area contributed by atoms with E-state index in [4.69, 9.17) is 14.2 Å². The topological polar surface area (TPSA) is 73.9 Å². The summed E-state index contributed by atoms with van der Waals surface area (Å²) in [5.41, 5.74) is 1.87. The molecular weight excluding hydrogens is 370 g/mol. The first-order valence-electron chi connectivity index (χ1n) is 9.62. The van der Waals surface area contributed by atoms with E-state index < -0.39 is 5.97 Å². The Kier molecular flexibility index (Phi) is 7.41. The van der Waals surface area contributed by atoms with Gasteiger partial charge < -0.3 is 19.5 Å². The minimum atomic E-state index is -0.564. The van der Waals surface area contributed by atoms with Crippen molar-refractivity contribution >= 4 is 23.5 Å². The second-order valence-corrected chi connectivity index (χ2v) is 6.72. The molecule has 6 nitrogen and oxygen atoms in total. The van der Waals surface area contributed by atoms with Gasteiger partial charge in [-0.3, -0.25) is 4.79 Å². The molecule has 0 spiro atoms. The number of hydrogen-bond donors (Lipinski definition) is 1. The quantitative estimate of drug-likeness (QED) is 0.422. The predicted molar refractivity (Wildman–Crippen MR) is 110 cm³/mol. The maximum absolute atomic E-state index is 12.7. The fraction of sp³-hybridized carbons (Fsp3) is 0.304. The normalized spacial score (nSPS) is 16.3. The van der Waals surface area contributed by atoms with E-state index in [0.717, 1.165) is 25.0 Å². The molecule has 152 valence electrons. The van der Waals surface area contributed by atoms with E-state index in [2.05, 4.69) is 5.32 Å². The average molecular weight is 395 g/mol. The summed E-state index contributed by atoms with van der Waals surface area (Å²) in [7, 11) is 1.59. The van der Waals surface area contributed by atoms with Gasteiger partial charge in [0.15, 0.2) is 6.61 Å². The number of hydrogen-bond acceptors (Lipinski definition) is 5. The van der Waals surface area contributed by atoms with Gasteiger partial charge in [0.1, 0.15) is 5.75 Å². The number of benzene rings is 2. The first kappa shape index (κ1) is 20.6. The lowest BCUT2D eigenvalue weighted by Gasteiger charge is -2.12. The van der Waals surface area contributed by atoms with Crippen molar-refractivity contribution in [2.45, 2.75) is 18.9 Å². The Balaban J connectivity index is 1.67. The van der Waals surface area contributed by atoms with Crippen molar-refractivity contribution in [3.8, 4) is 5.75 Å². The maximum Gasteiger partial charge on any atom is 0.339 e. The van der Waals surface area contributed by atoms with E-state index >= 15 is 0 Å². The van der Waals surface area contributed by atoms with Crippen LogP contribution in [0.4, 0.5) is 0 Å². The Morgan fingerprint density at radius 1 is 1.17 bits per heavy atom. The minimum absolute atomic E-state index is 0.0440. The molecule has 2 aromatic rings. The number of amides is 1. The summed E-state index contributed by atoms with van der Waals surface area (Å²) < 4.78 is 16.0. The number of methoxy groups -OCH3 is 1. The van der Waals surface area contributed by atoms with E-state index in [9.17, 15) is 9.59 Å². The summed E-state index contributed by atoms with van der Waals surface area (Å²) in [4.78, 5) is 24.8. The van der Waals surface area contributed by atoms with Crippen LogP contribution in [-0.2, 0) is 19.1 Å². The zero-order valence-electron chi connectivity index (χ0n) is 16.4. The highest BCUT2D eigenvalue weighted by Crippen LogP contribution is 2.22. The van der Waals surface area contributed by atoms with Gasteiger partial charge >= 0.3 is 5.97 Å². The minimum Gasteiger partial charge on any atom is -0.497 e. The molecule has 1 aliphatic rings. The zero-order valence-corrected chi connectivity index (χ0v) is 16.4. The van der Waals surface area contributed by atoms with E-state index in [-0.39, 0.29) is 18.6 Å². The summed E-state index contributed by atoms with van der Waals surface area (Å²) in [5, 5.41) is 2.75. The van der Waals surface area contributed by atoms with Crippen molar-refractivity contribution in [3.63, 3.8) is 0 Å². The Hall–Kier alpha value is -3.12. The van der Waals surface area contributed by atoms with Gasteiger partial charge in [-0.1, -0.05) is 42.5 Å². The average Bonchev–Trinajstić information content (AvgIpc) is 3.29. The van der Waals surface area contributed by atoms with Crippen LogP contribution < -0.4 is 10.1 Å². The Bertz CT molecular complexity index is 857. The molecule has 3 rings (SSSR count). The van der Waals surface area contributed by atoms with Crippen LogP contribution in [-0.4, -0.2) is 44.8 Å². The van der Waals surface area contributed by atoms with Gasteiger partial charge in [-0.05, 0) is 42.2 Å². The molecule has 2 aromatic carbocycles. The van der Waals surface area contributed by atoms with Gasteiger partial charge in [-0.2, -0.15) is 0 Å². The van der Waals surface area contributed by atoms with E-state index in [0.29, 0.717) is 23.4 Å². The number of carbonyl (C=O) groups excluding carboxylic acids is 2. The number of carbonyl (C=O) groups is 2. The summed E-state index contributed by atoms with van der Waals surface area (Å²) in [6.07, 6.45) is 3.71. The van der Waals surface area contributed by atoms with Crippen molar-refractivity contribution in [2.24, 2.45) is 0 Å². The second kappa shape index (κ2) is 10.4. The highest BCUT2D eigenvalue weighted by molar-refractivity contribution is 6.21. The van der Waals surface area contributed by atoms with Gasteiger partial charge in [0.05, 0.1) is 18.8 Å². The van der Waals surface area contributed by atoms with Gasteiger partial charge in [0, 0.05) is 13.2 Å². The van der Waals surface area contributed by atoms with Crippen LogP contribution in [0.3, 0.4) is 0 Å². The molecule has 29 heavy (non-hydrogen) atoms. The Morgan fingerprint density at radius 2 is 2.00 bits per heavy atom. The van der Waals surface area contributed by atoms with Crippen molar-refractivity contribution in [1.82, 2.24) is 5.32 Å². The zero-order chi connectivity index (χ0) is 20.5. The summed E-state index contributed by atoms with van der Waals surface area (Å²) in [6, 6.07) is 16.6. The lowest BCUT2D eigenvalue weighted by Crippen LogP contribution is -2.34. The molecule has 1 aliphatic heterocycles. The third-order valence-electron chi connectivity index (χ3n) is 4.59. The van der Waals surface area contributed by atoms with Crippen LogP contribution in [0, 0.1) is 0 Å². The SMILES string of the molecule is COc1cccc(C=C(C(=O)OCC(=O)NCC2CCCO2)c2ccccc2)c1. The molecule has 1 amide bonds. The second-order valence-electron chi connectivity index (χ2n) is 6.72. The van der Waals surface area contributed by atoms with Crippen molar-refractivity contribution in [1.29, 1.82) is 0 Å². The molecule has 1 N–H and O–H groups in total. The van der Waals surface area contributed by atoms with E-state index in [1.807, 2.05) is 54.6 Å². The fourth-order valence-electron chi connectivity index (χ4n) is 3.07. The van der Waals surface area contributed by atoms with E-state index in [1.54, 1.807) is 13.2 Å². The molecule has 1 fully saturated rings. The summed E-state index contributed by atoms with van der Waals surface area (Å²) in [5.74, 6) is -0.220. The van der Waals surface area contributed by atoms with Crippen LogP contribution in [0.2, 0.25) is 0 Å². The van der Waals surface area contributed by atoms with Gasteiger partial charge in [-0.25, -0.2) is 4.79 Å². The molecule has 0 radical (unpaired) electrons. The molecule has 0 bridgehead atoms. The maximum atomic E-state index is 12.7. The Labute approximate surface area is 170 Å². The lowest BCUT2D eigenvalue weighted by atomic mass is 10.0. The standard InChI is InChI=1S/C23H25NO5/c1-27-19-10-5-7-17(13-19)14-21(18-8-3-2-4-9-18)23(26)29-16-22(25)24-15-20-11-6-12-28-20/h2-5,7-10,13-14,20H,6,11-12,15-16H2,1H3,(H,24,25). The van der Waals surface area contributed by atoms with Crippen molar-refractivity contribution in [2.75, 3.05) is 26.9 Å². The number of rotatable bonds is 8. The molecule has 6 heteroatoms. The molecule has 1 saturated heterocycles. The van der Waals surface area contributed by atoms with Crippen LogP contribution in [0.15, 0.2) is 54.6 Å². The number of ether oxygens (including phenoxy) is 3. The van der Waals surface area contributed by atoms with Gasteiger partial charge in [0.2, 0.25) is 0 Å². The molecule has 0 aromatic heterocycles. The van der Waals surface area contributed by atoms with Crippen LogP contribution >= 0.6 is 0 Å². The van der Waals surface area contributed by atoms with E-state index in [1.165, 1.54) is 0 Å². The number of esters is 1. The molecule has 0 saturated carbocycles. The molecule has 0 aliphatic carbocycles. The third kappa shape index (κ3) is 6.19. The fourth-order valence-corrected chi connectivity index (χ4v) is 3.07. The van der Waals surface area contributed by atoms with Crippen LogP contribution in [0.25, 0.3) is 11.6 Å². The first-order chi connectivity index (χ1) is 14.2. The summed E-state index contributed by atoms with van der Waals surface area (Å²) >= 11 is 0. The van der Waals surface area contributed by atoms with Gasteiger partial charge in [-0.15, -0.1) is 0 Å². The van der Waals surface area contributed by atoms with Crippen molar-refractivity contribution < 1.29 is 23.8 Å². The third-order valence-corrected chi connectivity index (χ3v) is 4.59. The van der Waals surface area contributed by atoms with Gasteiger partial charge in [0.25, 0.3) is 5.91 Å². The molecule has 1 unspecified atom stereocenters. The van der Waals surface area contributed by atoms with Crippen LogP contribution in [0.1, 0.15) is 24.0 Å². The smallest absolute Gasteiger partial charge is 0.339 e. The molecule has 1 heterocycles. The largest absolute Gasteiger partial charge is 0.497 e. The first-order valence-corrected chi connectivity index (χ1v) is 9.62. The molecule has 1 atom stereocenters. The summed E-state index contributed by atoms with van der Waals surface area (Å²) in [6.45, 7) is 0.820. The van der Waals surface area contributed by atoms with Crippen LogP contribution in [0.5, 0.6) is 5.75 Å². The highest BCUT2D eigenvalue weighted by Gasteiger charge is 2.18. The van der Waals surface area contributed by atoms with Crippen molar-refractivity contribution in [3.05, 3.63) is 65.7 Å². The highest BCUT2D eigenvalue weighted by atomic mass is 16.5.